The summed E-state index contributed by atoms with van der Waals surface area (Å²) in [6.07, 6.45) is 7.28. The molecule has 0 saturated heterocycles. The highest BCUT2D eigenvalue weighted by molar-refractivity contribution is 5.93. The molecule has 182 valence electrons. The Kier molecular flexibility index (Phi) is 5.84. The second-order valence-electron chi connectivity index (χ2n) is 11.2. The first-order chi connectivity index (χ1) is 16.2. The number of hydrogen-bond donors (Lipinski definition) is 1. The van der Waals surface area contributed by atoms with Crippen molar-refractivity contribution in [1.82, 2.24) is 0 Å². The summed E-state index contributed by atoms with van der Waals surface area (Å²) in [5.41, 5.74) is 4.62. The number of rotatable bonds is 5. The van der Waals surface area contributed by atoms with Crippen LogP contribution in [0.4, 0.5) is 5.69 Å². The van der Waals surface area contributed by atoms with E-state index in [1.54, 1.807) is 0 Å². The van der Waals surface area contributed by atoms with E-state index in [-0.39, 0.29) is 30.0 Å². The van der Waals surface area contributed by atoms with E-state index in [0.29, 0.717) is 18.8 Å². The minimum atomic E-state index is -1.36. The van der Waals surface area contributed by atoms with Gasteiger partial charge in [-0.1, -0.05) is 24.6 Å². The van der Waals surface area contributed by atoms with Gasteiger partial charge >= 0.3 is 0 Å². The maximum atomic E-state index is 13.2. The molecule has 4 aliphatic rings. The summed E-state index contributed by atoms with van der Waals surface area (Å²) in [7, 11) is 5.60. The summed E-state index contributed by atoms with van der Waals surface area (Å²) in [6, 6.07) is 8.74. The number of nitrogens with zero attached hydrogens (tertiary/aromatic N) is 1. The van der Waals surface area contributed by atoms with Crippen LogP contribution >= 0.6 is 0 Å². The van der Waals surface area contributed by atoms with Gasteiger partial charge in [0.25, 0.3) is 0 Å². The van der Waals surface area contributed by atoms with Gasteiger partial charge in [-0.25, -0.2) is 0 Å². The van der Waals surface area contributed by atoms with E-state index in [1.807, 2.05) is 20.2 Å². The third-order valence-corrected chi connectivity index (χ3v) is 9.44. The molecule has 1 aromatic rings. The number of benzene rings is 1. The van der Waals surface area contributed by atoms with Gasteiger partial charge in [-0.05, 0) is 85.3 Å². The van der Waals surface area contributed by atoms with E-state index < -0.39 is 11.0 Å². The molecule has 0 heterocycles. The summed E-state index contributed by atoms with van der Waals surface area (Å²) in [6.45, 7) is 2.10. The number of anilines is 1. The summed E-state index contributed by atoms with van der Waals surface area (Å²) >= 11 is 0. The molecule has 5 nitrogen and oxygen atoms in total. The lowest BCUT2D eigenvalue weighted by molar-refractivity contribution is -0.158. The number of fused-ring (bicyclic) bond motifs is 4. The van der Waals surface area contributed by atoms with Gasteiger partial charge in [0.1, 0.15) is 12.2 Å². The molecule has 0 unspecified atom stereocenters. The molecule has 0 amide bonds. The highest BCUT2D eigenvalue weighted by Gasteiger charge is 2.65. The maximum Gasteiger partial charge on any atom is 0.190 e. The van der Waals surface area contributed by atoms with Crippen molar-refractivity contribution in [2.24, 2.45) is 17.3 Å². The van der Waals surface area contributed by atoms with Crippen molar-refractivity contribution in [3.8, 4) is 0 Å². The van der Waals surface area contributed by atoms with E-state index in [1.165, 1.54) is 29.4 Å². The first kappa shape index (κ1) is 23.5. The lowest BCUT2D eigenvalue weighted by Gasteiger charge is -2.54. The molecule has 1 aromatic carbocycles. The quantitative estimate of drug-likeness (QED) is 0.691. The van der Waals surface area contributed by atoms with Crippen molar-refractivity contribution in [3.05, 3.63) is 52.6 Å². The molecule has 2 saturated carbocycles. The highest BCUT2D eigenvalue weighted by atomic mass is 16.5. The number of methoxy groups -OCH3 is 1. The first-order valence-electron chi connectivity index (χ1n) is 12.7. The van der Waals surface area contributed by atoms with Gasteiger partial charge in [-0.2, -0.15) is 0 Å². The third-order valence-electron chi connectivity index (χ3n) is 9.44. The second-order valence-corrected chi connectivity index (χ2v) is 11.2. The van der Waals surface area contributed by atoms with Crippen molar-refractivity contribution in [2.75, 3.05) is 32.7 Å². The number of aliphatic hydroxyl groups is 1. The summed E-state index contributed by atoms with van der Waals surface area (Å²) in [5, 5.41) is 11.9. The van der Waals surface area contributed by atoms with E-state index >= 15 is 0 Å². The van der Waals surface area contributed by atoms with Crippen LogP contribution in [0.2, 0.25) is 0 Å². The standard InChI is InChI=1S/C29H37NO4/c1-28-16-24(18-5-8-20(9-6-18)30(2)3)27-22-12-10-21(31)15-19(22)7-11-23(27)25(28)13-14-29(28,33)26(32)17-34-4/h5-6,8-9,15,23-25,33H,7,10-14,16-17H2,1-4H3/t23-,24+,25-,28-,29-/m0/s1. The van der Waals surface area contributed by atoms with Crippen LogP contribution in [0.3, 0.4) is 0 Å². The van der Waals surface area contributed by atoms with Crippen molar-refractivity contribution in [1.29, 1.82) is 0 Å². The third kappa shape index (κ3) is 3.43. The molecule has 0 bridgehead atoms. The SMILES string of the molecule is COCC(=O)[C@@]1(O)CC[C@H]2[C@@H]3CCC4=CC(=O)CCC4=C3[C@@H](c3ccc(N(C)C)cc3)C[C@@]21C. The van der Waals surface area contributed by atoms with Crippen LogP contribution in [0.25, 0.3) is 0 Å². The van der Waals surface area contributed by atoms with Crippen LogP contribution < -0.4 is 4.90 Å². The van der Waals surface area contributed by atoms with Crippen molar-refractivity contribution < 1.29 is 19.4 Å². The molecular formula is C29H37NO4. The zero-order valence-electron chi connectivity index (χ0n) is 20.9. The van der Waals surface area contributed by atoms with E-state index in [0.717, 1.165) is 37.8 Å². The molecule has 0 spiro atoms. The predicted molar refractivity (Wildman–Crippen MR) is 133 cm³/mol. The molecule has 0 radical (unpaired) electrons. The smallest absolute Gasteiger partial charge is 0.190 e. The van der Waals surface area contributed by atoms with Gasteiger partial charge in [0.15, 0.2) is 11.6 Å². The minimum absolute atomic E-state index is 0.0470. The van der Waals surface area contributed by atoms with Crippen LogP contribution in [-0.2, 0) is 14.3 Å². The van der Waals surface area contributed by atoms with E-state index in [9.17, 15) is 14.7 Å². The molecule has 2 fully saturated rings. The van der Waals surface area contributed by atoms with Crippen LogP contribution in [0.15, 0.2) is 47.1 Å². The van der Waals surface area contributed by atoms with Crippen molar-refractivity contribution in [3.63, 3.8) is 0 Å². The average molecular weight is 464 g/mol. The first-order valence-corrected chi connectivity index (χ1v) is 12.7. The van der Waals surface area contributed by atoms with Crippen LogP contribution in [0.1, 0.15) is 63.4 Å². The second kappa shape index (κ2) is 8.46. The average Bonchev–Trinajstić information content (AvgIpc) is 3.10. The highest BCUT2D eigenvalue weighted by Crippen LogP contribution is 2.66. The van der Waals surface area contributed by atoms with Gasteiger partial charge in [0.05, 0.1) is 0 Å². The van der Waals surface area contributed by atoms with Gasteiger partial charge in [0, 0.05) is 44.6 Å². The molecule has 5 rings (SSSR count). The number of Topliss-reactive ketones (excluding diaryl/α,β-unsaturated/α-hetero) is 1. The zero-order valence-corrected chi connectivity index (χ0v) is 20.9. The Labute approximate surface area is 202 Å². The molecule has 4 aliphatic carbocycles. The number of hydrogen-bond acceptors (Lipinski definition) is 5. The van der Waals surface area contributed by atoms with E-state index in [4.69, 9.17) is 4.74 Å². The van der Waals surface area contributed by atoms with Crippen LogP contribution in [0.5, 0.6) is 0 Å². The number of allylic oxidation sites excluding steroid dienone is 4. The predicted octanol–water partition coefficient (Wildman–Crippen LogP) is 4.60. The van der Waals surface area contributed by atoms with Crippen LogP contribution in [-0.4, -0.2) is 50.1 Å². The molecule has 0 aliphatic heterocycles. The Morgan fingerprint density at radius 3 is 2.56 bits per heavy atom. The number of carbonyl (C=O) groups is 2. The Morgan fingerprint density at radius 2 is 1.88 bits per heavy atom. The Bertz CT molecular complexity index is 1070. The van der Waals surface area contributed by atoms with Gasteiger partial charge in [-0.15, -0.1) is 0 Å². The van der Waals surface area contributed by atoms with E-state index in [2.05, 4.69) is 36.1 Å². The molecule has 5 atom stereocenters. The number of carbonyl (C=O) groups excluding carboxylic acids is 2. The Balaban J connectivity index is 1.65. The van der Waals surface area contributed by atoms with Crippen molar-refractivity contribution >= 4 is 17.3 Å². The summed E-state index contributed by atoms with van der Waals surface area (Å²) in [4.78, 5) is 27.5. The van der Waals surface area contributed by atoms with Gasteiger partial charge in [0.2, 0.25) is 0 Å². The zero-order chi connectivity index (χ0) is 24.3. The molecule has 34 heavy (non-hydrogen) atoms. The topological polar surface area (TPSA) is 66.8 Å². The Hall–Kier alpha value is -2.24. The lowest BCUT2D eigenvalue weighted by atomic mass is 9.50. The minimum Gasteiger partial charge on any atom is -0.381 e. The normalized spacial score (nSPS) is 34.8. The molecular weight excluding hydrogens is 426 g/mol. The molecule has 5 heteroatoms. The summed E-state index contributed by atoms with van der Waals surface area (Å²) in [5.74, 6) is 0.789. The van der Waals surface area contributed by atoms with Crippen molar-refractivity contribution in [2.45, 2.75) is 63.4 Å². The molecule has 1 N–H and O–H groups in total. The monoisotopic (exact) mass is 463 g/mol. The Morgan fingerprint density at radius 1 is 1.15 bits per heavy atom. The fourth-order valence-electron chi connectivity index (χ4n) is 7.68. The fourth-order valence-corrected chi connectivity index (χ4v) is 7.68. The fraction of sp³-hybridized carbons (Fsp3) is 0.586. The largest absolute Gasteiger partial charge is 0.381 e. The van der Waals surface area contributed by atoms with Crippen LogP contribution in [0, 0.1) is 17.3 Å². The molecule has 0 aromatic heterocycles. The van der Waals surface area contributed by atoms with Gasteiger partial charge < -0.3 is 14.7 Å². The number of ether oxygens (including phenoxy) is 1. The van der Waals surface area contributed by atoms with Gasteiger partial charge in [-0.3, -0.25) is 9.59 Å². The number of ketones is 2. The summed E-state index contributed by atoms with van der Waals surface area (Å²) < 4.78 is 5.18. The maximum absolute atomic E-state index is 13.2. The lowest BCUT2D eigenvalue weighted by Crippen LogP contribution is -2.56.